The SMILES string of the molecule is O=C(O)C1CCCN1CC=C1CCC1. The Hall–Kier alpha value is -0.830. The van der Waals surface area contributed by atoms with Crippen molar-refractivity contribution in [2.24, 2.45) is 0 Å². The minimum absolute atomic E-state index is 0.230. The maximum Gasteiger partial charge on any atom is 0.320 e. The van der Waals surface area contributed by atoms with Gasteiger partial charge in [-0.1, -0.05) is 11.6 Å². The number of hydrogen-bond donors (Lipinski definition) is 1. The average molecular weight is 195 g/mol. The lowest BCUT2D eigenvalue weighted by molar-refractivity contribution is -0.141. The van der Waals surface area contributed by atoms with E-state index in [2.05, 4.69) is 11.0 Å². The Kier molecular flexibility index (Phi) is 2.87. The van der Waals surface area contributed by atoms with Crippen LogP contribution in [0.4, 0.5) is 0 Å². The number of carbonyl (C=O) groups is 1. The van der Waals surface area contributed by atoms with E-state index < -0.39 is 5.97 Å². The van der Waals surface area contributed by atoms with Crippen molar-refractivity contribution >= 4 is 5.97 Å². The fourth-order valence-electron chi connectivity index (χ4n) is 2.16. The first-order valence-electron chi connectivity index (χ1n) is 5.42. The highest BCUT2D eigenvalue weighted by Crippen LogP contribution is 2.25. The number of likely N-dealkylation sites (tertiary alicyclic amines) is 1. The van der Waals surface area contributed by atoms with Gasteiger partial charge in [0, 0.05) is 6.54 Å². The highest BCUT2D eigenvalue weighted by atomic mass is 16.4. The molecule has 0 aromatic carbocycles. The second kappa shape index (κ2) is 4.13. The molecular formula is C11H17NO2. The van der Waals surface area contributed by atoms with Gasteiger partial charge < -0.3 is 5.11 Å². The van der Waals surface area contributed by atoms with Gasteiger partial charge in [-0.2, -0.15) is 0 Å². The van der Waals surface area contributed by atoms with Gasteiger partial charge >= 0.3 is 5.97 Å². The number of hydrogen-bond acceptors (Lipinski definition) is 2. The van der Waals surface area contributed by atoms with Crippen LogP contribution >= 0.6 is 0 Å². The van der Waals surface area contributed by atoms with E-state index in [1.807, 2.05) is 0 Å². The zero-order valence-corrected chi connectivity index (χ0v) is 8.41. The molecule has 0 aromatic rings. The van der Waals surface area contributed by atoms with Gasteiger partial charge in [0.2, 0.25) is 0 Å². The molecule has 3 heteroatoms. The maximum atomic E-state index is 10.9. The number of aliphatic carboxylic acids is 1. The van der Waals surface area contributed by atoms with E-state index in [0.29, 0.717) is 0 Å². The molecule has 1 aliphatic carbocycles. The first-order valence-corrected chi connectivity index (χ1v) is 5.42. The molecule has 2 rings (SSSR count). The van der Waals surface area contributed by atoms with E-state index >= 15 is 0 Å². The number of carboxylic acids is 1. The standard InChI is InChI=1S/C11H17NO2/c13-11(14)10-5-2-7-12(10)8-6-9-3-1-4-9/h6,10H,1-5,7-8H2,(H,13,14). The summed E-state index contributed by atoms with van der Waals surface area (Å²) in [5, 5.41) is 8.96. The van der Waals surface area contributed by atoms with E-state index in [1.54, 1.807) is 0 Å². The number of allylic oxidation sites excluding steroid dienone is 1. The Morgan fingerprint density at radius 3 is 2.86 bits per heavy atom. The number of nitrogens with zero attached hydrogens (tertiary/aromatic N) is 1. The molecule has 0 radical (unpaired) electrons. The molecule has 0 bridgehead atoms. The van der Waals surface area contributed by atoms with Crippen LogP contribution in [0.15, 0.2) is 11.6 Å². The Bertz CT molecular complexity index is 254. The smallest absolute Gasteiger partial charge is 0.320 e. The van der Waals surface area contributed by atoms with Crippen LogP contribution in [0.25, 0.3) is 0 Å². The second-order valence-electron chi connectivity index (χ2n) is 4.21. The molecule has 2 aliphatic rings. The normalized spacial score (nSPS) is 27.4. The van der Waals surface area contributed by atoms with Crippen molar-refractivity contribution in [2.75, 3.05) is 13.1 Å². The molecule has 14 heavy (non-hydrogen) atoms. The predicted molar refractivity (Wildman–Crippen MR) is 54.2 cm³/mol. The molecule has 0 spiro atoms. The van der Waals surface area contributed by atoms with Gasteiger partial charge in [-0.25, -0.2) is 0 Å². The molecule has 0 amide bonds. The molecule has 2 fully saturated rings. The summed E-state index contributed by atoms with van der Waals surface area (Å²) in [5.41, 5.74) is 1.51. The van der Waals surface area contributed by atoms with Crippen LogP contribution in [0.5, 0.6) is 0 Å². The quantitative estimate of drug-likeness (QED) is 0.696. The van der Waals surface area contributed by atoms with Gasteiger partial charge in [0.1, 0.15) is 6.04 Å². The number of rotatable bonds is 3. The third-order valence-electron chi connectivity index (χ3n) is 3.26. The third-order valence-corrected chi connectivity index (χ3v) is 3.26. The minimum Gasteiger partial charge on any atom is -0.480 e. The largest absolute Gasteiger partial charge is 0.480 e. The lowest BCUT2D eigenvalue weighted by Crippen LogP contribution is -2.36. The summed E-state index contributed by atoms with van der Waals surface area (Å²) in [5.74, 6) is -0.658. The van der Waals surface area contributed by atoms with Crippen molar-refractivity contribution in [1.82, 2.24) is 4.90 Å². The molecule has 1 saturated heterocycles. The Morgan fingerprint density at radius 2 is 2.29 bits per heavy atom. The lowest BCUT2D eigenvalue weighted by atomic mass is 9.92. The van der Waals surface area contributed by atoms with E-state index in [9.17, 15) is 4.79 Å². The average Bonchev–Trinajstić information content (AvgIpc) is 2.49. The fourth-order valence-corrected chi connectivity index (χ4v) is 2.16. The maximum absolute atomic E-state index is 10.9. The highest BCUT2D eigenvalue weighted by molar-refractivity contribution is 5.73. The van der Waals surface area contributed by atoms with Gasteiger partial charge in [-0.3, -0.25) is 9.69 Å². The number of carboxylic acid groups (broad SMARTS) is 1. The van der Waals surface area contributed by atoms with Crippen molar-refractivity contribution in [2.45, 2.75) is 38.1 Å². The molecule has 1 N–H and O–H groups in total. The van der Waals surface area contributed by atoms with Crippen LogP contribution in [0.1, 0.15) is 32.1 Å². The van der Waals surface area contributed by atoms with Crippen molar-refractivity contribution in [3.8, 4) is 0 Å². The van der Waals surface area contributed by atoms with Crippen LogP contribution in [0, 0.1) is 0 Å². The first-order chi connectivity index (χ1) is 6.77. The van der Waals surface area contributed by atoms with E-state index in [1.165, 1.54) is 24.8 Å². The summed E-state index contributed by atoms with van der Waals surface area (Å²) >= 11 is 0. The Labute approximate surface area is 84.4 Å². The topological polar surface area (TPSA) is 40.5 Å². The molecule has 3 nitrogen and oxygen atoms in total. The van der Waals surface area contributed by atoms with E-state index in [-0.39, 0.29) is 6.04 Å². The van der Waals surface area contributed by atoms with E-state index in [4.69, 9.17) is 5.11 Å². The molecule has 1 atom stereocenters. The van der Waals surface area contributed by atoms with Gasteiger partial charge in [0.05, 0.1) is 0 Å². The summed E-state index contributed by atoms with van der Waals surface area (Å²) in [7, 11) is 0. The summed E-state index contributed by atoms with van der Waals surface area (Å²) in [6.45, 7) is 1.78. The minimum atomic E-state index is -0.658. The Morgan fingerprint density at radius 1 is 1.50 bits per heavy atom. The van der Waals surface area contributed by atoms with Crippen molar-refractivity contribution in [1.29, 1.82) is 0 Å². The zero-order valence-electron chi connectivity index (χ0n) is 8.41. The van der Waals surface area contributed by atoms with Crippen molar-refractivity contribution in [3.05, 3.63) is 11.6 Å². The molecular weight excluding hydrogens is 178 g/mol. The van der Waals surface area contributed by atoms with Gasteiger partial charge in [0.25, 0.3) is 0 Å². The summed E-state index contributed by atoms with van der Waals surface area (Å²) in [4.78, 5) is 13.0. The van der Waals surface area contributed by atoms with Crippen LogP contribution in [0.2, 0.25) is 0 Å². The molecule has 1 saturated carbocycles. The summed E-state index contributed by atoms with van der Waals surface area (Å²) < 4.78 is 0. The van der Waals surface area contributed by atoms with Crippen LogP contribution in [-0.2, 0) is 4.79 Å². The van der Waals surface area contributed by atoms with Crippen molar-refractivity contribution < 1.29 is 9.90 Å². The molecule has 78 valence electrons. The molecule has 0 aromatic heterocycles. The predicted octanol–water partition coefficient (Wildman–Crippen LogP) is 1.65. The molecule has 1 unspecified atom stereocenters. The second-order valence-corrected chi connectivity index (χ2v) is 4.21. The summed E-state index contributed by atoms with van der Waals surface area (Å²) in [6.07, 6.45) is 7.84. The monoisotopic (exact) mass is 195 g/mol. The van der Waals surface area contributed by atoms with Gasteiger partial charge in [0.15, 0.2) is 0 Å². The van der Waals surface area contributed by atoms with Gasteiger partial charge in [-0.15, -0.1) is 0 Å². The molecule has 1 aliphatic heterocycles. The highest BCUT2D eigenvalue weighted by Gasteiger charge is 2.29. The Balaban J connectivity index is 1.86. The third kappa shape index (κ3) is 1.98. The zero-order chi connectivity index (χ0) is 9.97. The first kappa shape index (κ1) is 9.71. The van der Waals surface area contributed by atoms with E-state index in [0.717, 1.165) is 25.9 Å². The molecule has 1 heterocycles. The van der Waals surface area contributed by atoms with Crippen LogP contribution in [0.3, 0.4) is 0 Å². The summed E-state index contributed by atoms with van der Waals surface area (Å²) in [6, 6.07) is -0.230. The lowest BCUT2D eigenvalue weighted by Gasteiger charge is -2.22. The van der Waals surface area contributed by atoms with Crippen LogP contribution in [-0.4, -0.2) is 35.1 Å². The fraction of sp³-hybridized carbons (Fsp3) is 0.727. The van der Waals surface area contributed by atoms with Gasteiger partial charge in [-0.05, 0) is 38.6 Å². The van der Waals surface area contributed by atoms with Crippen molar-refractivity contribution in [3.63, 3.8) is 0 Å². The van der Waals surface area contributed by atoms with Crippen LogP contribution < -0.4 is 0 Å².